The lowest BCUT2D eigenvalue weighted by molar-refractivity contribution is 0.292. The molecule has 1 heterocycles. The van der Waals surface area contributed by atoms with Gasteiger partial charge in [-0.1, -0.05) is 61.2 Å². The van der Waals surface area contributed by atoms with Gasteiger partial charge >= 0.3 is 0 Å². The monoisotopic (exact) mass is 466 g/mol. The maximum Gasteiger partial charge on any atom is 0.232 e. The summed E-state index contributed by atoms with van der Waals surface area (Å²) in [6.07, 6.45) is 5.90. The van der Waals surface area contributed by atoms with Crippen LogP contribution in [0.4, 0.5) is 5.95 Å². The van der Waals surface area contributed by atoms with Crippen LogP contribution >= 0.6 is 23.8 Å². The van der Waals surface area contributed by atoms with Crippen molar-refractivity contribution in [3.63, 3.8) is 0 Å². The predicted molar refractivity (Wildman–Crippen MR) is 134 cm³/mol. The highest BCUT2D eigenvalue weighted by Gasteiger charge is 2.34. The zero-order valence-corrected chi connectivity index (χ0v) is 19.7. The van der Waals surface area contributed by atoms with Crippen molar-refractivity contribution in [2.24, 2.45) is 0 Å². The van der Waals surface area contributed by atoms with E-state index >= 15 is 0 Å². The number of rotatable bonds is 6. The molecule has 0 saturated heterocycles. The number of thiocarbonyl (C=S) groups is 1. The van der Waals surface area contributed by atoms with Crippen LogP contribution < -0.4 is 15.4 Å². The number of hydrogen-bond donors (Lipinski definition) is 2. The zero-order valence-electron chi connectivity index (χ0n) is 18.1. The first kappa shape index (κ1) is 22.5. The van der Waals surface area contributed by atoms with E-state index in [-0.39, 0.29) is 5.41 Å². The summed E-state index contributed by atoms with van der Waals surface area (Å²) < 4.78 is 5.85. The van der Waals surface area contributed by atoms with Crippen LogP contribution in [-0.2, 0) is 5.41 Å². The summed E-state index contributed by atoms with van der Waals surface area (Å²) in [7, 11) is 0. The van der Waals surface area contributed by atoms with E-state index in [1.54, 1.807) is 6.07 Å². The van der Waals surface area contributed by atoms with Gasteiger partial charge in [-0.2, -0.15) is 4.98 Å². The SMILES string of the molecule is Cc1cc(Oc2ccccc2)nc(NC(=S)NCC2(c3cccc(Cl)c3)CCCCC2)n1. The predicted octanol–water partition coefficient (Wildman–Crippen LogP) is 6.42. The molecule has 32 heavy (non-hydrogen) atoms. The van der Waals surface area contributed by atoms with Crippen molar-refractivity contribution in [3.8, 4) is 11.6 Å². The average Bonchev–Trinajstić information content (AvgIpc) is 2.79. The van der Waals surface area contributed by atoms with Gasteiger partial charge in [-0.05, 0) is 61.8 Å². The van der Waals surface area contributed by atoms with Crippen LogP contribution in [-0.4, -0.2) is 21.6 Å². The van der Waals surface area contributed by atoms with E-state index in [9.17, 15) is 0 Å². The van der Waals surface area contributed by atoms with Gasteiger partial charge in [0.1, 0.15) is 5.75 Å². The van der Waals surface area contributed by atoms with E-state index in [1.807, 2.05) is 49.4 Å². The Kier molecular flexibility index (Phi) is 7.22. The molecule has 7 heteroatoms. The highest BCUT2D eigenvalue weighted by atomic mass is 35.5. The number of para-hydroxylation sites is 1. The molecule has 166 valence electrons. The van der Waals surface area contributed by atoms with Gasteiger partial charge in [0.05, 0.1) is 0 Å². The molecule has 3 aromatic rings. The molecule has 0 spiro atoms. The van der Waals surface area contributed by atoms with Crippen LogP contribution in [0.3, 0.4) is 0 Å². The summed E-state index contributed by atoms with van der Waals surface area (Å²) >= 11 is 11.9. The second-order valence-electron chi connectivity index (χ2n) is 8.25. The quantitative estimate of drug-likeness (QED) is 0.409. The first-order valence-corrected chi connectivity index (χ1v) is 11.7. The third-order valence-electron chi connectivity index (χ3n) is 5.86. The Bertz CT molecular complexity index is 1070. The Hall–Kier alpha value is -2.70. The summed E-state index contributed by atoms with van der Waals surface area (Å²) in [6, 6.07) is 19.6. The maximum atomic E-state index is 6.30. The molecule has 2 aromatic carbocycles. The third-order valence-corrected chi connectivity index (χ3v) is 6.34. The summed E-state index contributed by atoms with van der Waals surface area (Å²) in [5.74, 6) is 1.60. The first-order chi connectivity index (χ1) is 15.5. The fourth-order valence-electron chi connectivity index (χ4n) is 4.27. The minimum absolute atomic E-state index is 0.0178. The van der Waals surface area contributed by atoms with Gasteiger partial charge in [0.25, 0.3) is 0 Å². The highest BCUT2D eigenvalue weighted by Crippen LogP contribution is 2.39. The molecule has 0 aliphatic heterocycles. The van der Waals surface area contributed by atoms with Crippen molar-refractivity contribution in [2.75, 3.05) is 11.9 Å². The lowest BCUT2D eigenvalue weighted by Crippen LogP contribution is -2.43. The lowest BCUT2D eigenvalue weighted by atomic mass is 9.69. The highest BCUT2D eigenvalue weighted by molar-refractivity contribution is 7.80. The molecule has 1 aliphatic carbocycles. The second-order valence-corrected chi connectivity index (χ2v) is 9.09. The number of aryl methyl sites for hydroxylation is 1. The van der Waals surface area contributed by atoms with Gasteiger partial charge in [-0.15, -0.1) is 0 Å². The van der Waals surface area contributed by atoms with Crippen LogP contribution in [0.25, 0.3) is 0 Å². The van der Waals surface area contributed by atoms with Gasteiger partial charge in [0, 0.05) is 28.7 Å². The molecule has 5 nitrogen and oxygen atoms in total. The number of nitrogens with zero attached hydrogens (tertiary/aromatic N) is 2. The molecular weight excluding hydrogens is 440 g/mol. The number of benzene rings is 2. The first-order valence-electron chi connectivity index (χ1n) is 10.9. The molecule has 0 amide bonds. The van der Waals surface area contributed by atoms with Crippen molar-refractivity contribution in [3.05, 3.63) is 76.9 Å². The largest absolute Gasteiger partial charge is 0.439 e. The van der Waals surface area contributed by atoms with Crippen LogP contribution in [0.2, 0.25) is 5.02 Å². The molecule has 2 N–H and O–H groups in total. The molecule has 1 aromatic heterocycles. The number of nitrogens with one attached hydrogen (secondary N) is 2. The maximum absolute atomic E-state index is 6.30. The standard InChI is InChI=1S/C25H27ClN4OS/c1-18-15-22(31-21-11-4-2-5-12-21)29-23(28-18)30-24(32)27-17-25(13-6-3-7-14-25)19-9-8-10-20(26)16-19/h2,4-5,8-12,15-16H,3,6-7,13-14,17H2,1H3,(H2,27,28,29,30,32). The van der Waals surface area contributed by atoms with E-state index in [2.05, 4.69) is 32.7 Å². The second kappa shape index (κ2) is 10.3. The molecule has 0 radical (unpaired) electrons. The normalized spacial score (nSPS) is 15.1. The van der Waals surface area contributed by atoms with E-state index in [0.717, 1.165) is 35.9 Å². The smallest absolute Gasteiger partial charge is 0.232 e. The minimum atomic E-state index is 0.0178. The van der Waals surface area contributed by atoms with Gasteiger partial charge in [0.15, 0.2) is 5.11 Å². The summed E-state index contributed by atoms with van der Waals surface area (Å²) in [6.45, 7) is 2.63. The topological polar surface area (TPSA) is 59.1 Å². The van der Waals surface area contributed by atoms with Crippen molar-refractivity contribution in [1.82, 2.24) is 15.3 Å². The Morgan fingerprint density at radius 3 is 2.56 bits per heavy atom. The number of hydrogen-bond acceptors (Lipinski definition) is 4. The molecule has 4 rings (SSSR count). The Morgan fingerprint density at radius 2 is 1.81 bits per heavy atom. The summed E-state index contributed by atoms with van der Waals surface area (Å²) in [4.78, 5) is 8.91. The molecule has 1 saturated carbocycles. The van der Waals surface area contributed by atoms with Gasteiger partial charge in [-0.3, -0.25) is 0 Å². The summed E-state index contributed by atoms with van der Waals surface area (Å²) in [5, 5.41) is 7.79. The Balaban J connectivity index is 1.43. The van der Waals surface area contributed by atoms with E-state index < -0.39 is 0 Å². The average molecular weight is 467 g/mol. The van der Waals surface area contributed by atoms with Crippen LogP contribution in [0.5, 0.6) is 11.6 Å². The van der Waals surface area contributed by atoms with Crippen molar-refractivity contribution >= 4 is 34.9 Å². The van der Waals surface area contributed by atoms with Crippen molar-refractivity contribution in [2.45, 2.75) is 44.4 Å². The van der Waals surface area contributed by atoms with Crippen molar-refractivity contribution in [1.29, 1.82) is 0 Å². The van der Waals surface area contributed by atoms with Crippen molar-refractivity contribution < 1.29 is 4.74 Å². The molecule has 1 fully saturated rings. The number of anilines is 1. The number of ether oxygens (including phenoxy) is 1. The van der Waals surface area contributed by atoms with Crippen LogP contribution in [0.15, 0.2) is 60.7 Å². The number of halogens is 1. The Labute approximate surface area is 199 Å². The van der Waals surface area contributed by atoms with Crippen LogP contribution in [0.1, 0.15) is 43.4 Å². The van der Waals surface area contributed by atoms with E-state index in [0.29, 0.717) is 16.9 Å². The van der Waals surface area contributed by atoms with Gasteiger partial charge in [0.2, 0.25) is 11.8 Å². The fourth-order valence-corrected chi connectivity index (χ4v) is 4.62. The van der Waals surface area contributed by atoms with Crippen LogP contribution in [0, 0.1) is 6.92 Å². The molecule has 0 unspecified atom stereocenters. The van der Waals surface area contributed by atoms with Gasteiger partial charge < -0.3 is 15.4 Å². The van der Waals surface area contributed by atoms with Gasteiger partial charge in [-0.25, -0.2) is 4.98 Å². The third kappa shape index (κ3) is 5.75. The molecule has 0 atom stereocenters. The van der Waals surface area contributed by atoms with E-state index in [4.69, 9.17) is 28.6 Å². The lowest BCUT2D eigenvalue weighted by Gasteiger charge is -2.38. The van der Waals surface area contributed by atoms with E-state index in [1.165, 1.54) is 24.8 Å². The Morgan fingerprint density at radius 1 is 1.03 bits per heavy atom. The molecule has 0 bridgehead atoms. The zero-order chi connectivity index (χ0) is 22.4. The minimum Gasteiger partial charge on any atom is -0.439 e. The summed E-state index contributed by atoms with van der Waals surface area (Å²) in [5.41, 5.74) is 2.08. The molecule has 1 aliphatic rings. The number of aromatic nitrogens is 2. The fraction of sp³-hybridized carbons (Fsp3) is 0.320. The molecular formula is C25H27ClN4OS.